The van der Waals surface area contributed by atoms with Crippen LogP contribution in [-0.2, 0) is 9.63 Å². The number of carboxylic acids is 1. The van der Waals surface area contributed by atoms with Crippen LogP contribution in [0, 0.1) is 0 Å². The average molecular weight is 192 g/mol. The van der Waals surface area contributed by atoms with Crippen LogP contribution in [0.5, 0.6) is 0 Å². The second-order valence-electron chi connectivity index (χ2n) is 2.92. The molecule has 5 nitrogen and oxygen atoms in total. The van der Waals surface area contributed by atoms with Crippen molar-refractivity contribution in [3.8, 4) is 0 Å². The summed E-state index contributed by atoms with van der Waals surface area (Å²) >= 11 is 0. The van der Waals surface area contributed by atoms with Crippen molar-refractivity contribution in [2.24, 2.45) is 5.16 Å². The molecule has 0 amide bonds. The second-order valence-corrected chi connectivity index (χ2v) is 2.92. The molecule has 0 spiro atoms. The maximum Gasteiger partial charge on any atom is 0.348 e. The van der Waals surface area contributed by atoms with E-state index < -0.39 is 12.1 Å². The summed E-state index contributed by atoms with van der Waals surface area (Å²) in [7, 11) is 0. The lowest BCUT2D eigenvalue weighted by atomic mass is 10.1. The number of hydrogen-bond donors (Lipinski definition) is 1. The van der Waals surface area contributed by atoms with Crippen LogP contribution in [-0.4, -0.2) is 27.9 Å². The van der Waals surface area contributed by atoms with Gasteiger partial charge in [-0.2, -0.15) is 0 Å². The smallest absolute Gasteiger partial charge is 0.348 e. The molecule has 2 rings (SSSR count). The first kappa shape index (κ1) is 8.68. The fourth-order valence-corrected chi connectivity index (χ4v) is 1.21. The molecule has 0 aliphatic carbocycles. The van der Waals surface area contributed by atoms with Crippen LogP contribution in [0.4, 0.5) is 0 Å². The number of aliphatic carboxylic acids is 1. The Labute approximate surface area is 80.0 Å². The summed E-state index contributed by atoms with van der Waals surface area (Å²) in [5.41, 5.74) is 1.43. The topological polar surface area (TPSA) is 71.8 Å². The lowest BCUT2D eigenvalue weighted by Crippen LogP contribution is -2.19. The van der Waals surface area contributed by atoms with Crippen LogP contribution < -0.4 is 0 Å². The third kappa shape index (κ3) is 1.56. The zero-order valence-electron chi connectivity index (χ0n) is 7.25. The van der Waals surface area contributed by atoms with E-state index in [-0.39, 0.29) is 0 Å². The fourth-order valence-electron chi connectivity index (χ4n) is 1.21. The van der Waals surface area contributed by atoms with E-state index in [0.29, 0.717) is 12.1 Å². The zero-order valence-corrected chi connectivity index (χ0v) is 7.25. The van der Waals surface area contributed by atoms with Crippen molar-refractivity contribution >= 4 is 11.7 Å². The highest BCUT2D eigenvalue weighted by Crippen LogP contribution is 2.15. The van der Waals surface area contributed by atoms with E-state index in [0.717, 1.165) is 5.56 Å². The van der Waals surface area contributed by atoms with E-state index in [2.05, 4.69) is 10.1 Å². The van der Waals surface area contributed by atoms with Gasteiger partial charge >= 0.3 is 5.97 Å². The molecule has 1 aliphatic rings. The molecule has 0 saturated heterocycles. The molecular formula is C9H8N2O3. The van der Waals surface area contributed by atoms with E-state index in [9.17, 15) is 4.79 Å². The SMILES string of the molecule is O=C(O)[C@H]1CC(c2cccnc2)=NO1. The molecule has 5 heteroatoms. The number of carboxylic acid groups (broad SMARTS) is 1. The highest BCUT2D eigenvalue weighted by Gasteiger charge is 2.28. The summed E-state index contributed by atoms with van der Waals surface area (Å²) in [6.07, 6.45) is 2.72. The van der Waals surface area contributed by atoms with E-state index in [1.54, 1.807) is 18.5 Å². The molecule has 1 aromatic rings. The molecule has 0 fully saturated rings. The predicted octanol–water partition coefficient (Wildman–Crippen LogP) is 0.659. The van der Waals surface area contributed by atoms with Crippen molar-refractivity contribution in [2.45, 2.75) is 12.5 Å². The summed E-state index contributed by atoms with van der Waals surface area (Å²) in [5.74, 6) is -0.993. The number of rotatable bonds is 2. The lowest BCUT2D eigenvalue weighted by molar-refractivity contribution is -0.148. The molecule has 0 unspecified atom stereocenters. The Morgan fingerprint density at radius 3 is 3.07 bits per heavy atom. The summed E-state index contributed by atoms with van der Waals surface area (Å²) in [4.78, 5) is 19.2. The third-order valence-corrected chi connectivity index (χ3v) is 1.94. The first-order valence-corrected chi connectivity index (χ1v) is 4.13. The molecule has 14 heavy (non-hydrogen) atoms. The van der Waals surface area contributed by atoms with Gasteiger partial charge in [-0.25, -0.2) is 4.79 Å². The Bertz CT molecular complexity index is 375. The molecule has 0 bridgehead atoms. The van der Waals surface area contributed by atoms with Crippen molar-refractivity contribution in [2.75, 3.05) is 0 Å². The van der Waals surface area contributed by atoms with Crippen molar-refractivity contribution < 1.29 is 14.7 Å². The van der Waals surface area contributed by atoms with Crippen molar-refractivity contribution in [3.63, 3.8) is 0 Å². The molecule has 0 saturated carbocycles. The lowest BCUT2D eigenvalue weighted by Gasteiger charge is -1.99. The van der Waals surface area contributed by atoms with Crippen LogP contribution in [0.2, 0.25) is 0 Å². The van der Waals surface area contributed by atoms with Gasteiger partial charge in [0.25, 0.3) is 0 Å². The van der Waals surface area contributed by atoms with Gasteiger partial charge < -0.3 is 9.94 Å². The number of oxime groups is 1. The number of aromatic nitrogens is 1. The molecule has 1 aliphatic heterocycles. The van der Waals surface area contributed by atoms with Crippen molar-refractivity contribution in [1.29, 1.82) is 0 Å². The molecule has 2 heterocycles. The fraction of sp³-hybridized carbons (Fsp3) is 0.222. The van der Waals surface area contributed by atoms with Crippen LogP contribution in [0.15, 0.2) is 29.7 Å². The number of carbonyl (C=O) groups is 1. The minimum atomic E-state index is -0.993. The Morgan fingerprint density at radius 1 is 1.64 bits per heavy atom. The quantitative estimate of drug-likeness (QED) is 0.747. The van der Waals surface area contributed by atoms with Gasteiger partial charge in [-0.15, -0.1) is 0 Å². The van der Waals surface area contributed by atoms with Gasteiger partial charge in [0.05, 0.1) is 5.71 Å². The summed E-state index contributed by atoms with van der Waals surface area (Å²) in [6.45, 7) is 0. The molecule has 1 N–H and O–H groups in total. The molecule has 0 radical (unpaired) electrons. The highest BCUT2D eigenvalue weighted by molar-refractivity contribution is 6.03. The van der Waals surface area contributed by atoms with Crippen LogP contribution in [0.1, 0.15) is 12.0 Å². The average Bonchev–Trinajstić information content (AvgIpc) is 2.68. The molecular weight excluding hydrogens is 184 g/mol. The van der Waals surface area contributed by atoms with Crippen LogP contribution >= 0.6 is 0 Å². The van der Waals surface area contributed by atoms with Gasteiger partial charge in [-0.1, -0.05) is 5.16 Å². The normalized spacial score (nSPS) is 20.0. The van der Waals surface area contributed by atoms with Gasteiger partial charge in [-0.3, -0.25) is 4.98 Å². The standard InChI is InChI=1S/C9H8N2O3/c12-9(13)8-4-7(11-14-8)6-2-1-3-10-5-6/h1-3,5,8H,4H2,(H,12,13)/t8-/m1/s1. The number of nitrogens with zero attached hydrogens (tertiary/aromatic N) is 2. The van der Waals surface area contributed by atoms with Gasteiger partial charge in [-0.05, 0) is 12.1 Å². The highest BCUT2D eigenvalue weighted by atomic mass is 16.7. The van der Waals surface area contributed by atoms with Gasteiger partial charge in [0.1, 0.15) is 0 Å². The van der Waals surface area contributed by atoms with Crippen molar-refractivity contribution in [1.82, 2.24) is 4.98 Å². The molecule has 0 aromatic carbocycles. The van der Waals surface area contributed by atoms with Gasteiger partial charge in [0.15, 0.2) is 0 Å². The minimum absolute atomic E-state index is 0.293. The van der Waals surface area contributed by atoms with Gasteiger partial charge in [0.2, 0.25) is 6.10 Å². The van der Waals surface area contributed by atoms with Crippen LogP contribution in [0.25, 0.3) is 0 Å². The number of pyridine rings is 1. The third-order valence-electron chi connectivity index (χ3n) is 1.94. The monoisotopic (exact) mass is 192 g/mol. The molecule has 1 atom stereocenters. The van der Waals surface area contributed by atoms with E-state index >= 15 is 0 Å². The summed E-state index contributed by atoms with van der Waals surface area (Å²) in [6, 6.07) is 3.59. The maximum absolute atomic E-state index is 10.6. The van der Waals surface area contributed by atoms with E-state index in [4.69, 9.17) is 9.94 Å². The predicted molar refractivity (Wildman–Crippen MR) is 47.9 cm³/mol. The number of hydrogen-bond acceptors (Lipinski definition) is 4. The van der Waals surface area contributed by atoms with E-state index in [1.807, 2.05) is 6.07 Å². The molecule has 72 valence electrons. The first-order valence-electron chi connectivity index (χ1n) is 4.13. The largest absolute Gasteiger partial charge is 0.478 e. The zero-order chi connectivity index (χ0) is 9.97. The first-order chi connectivity index (χ1) is 6.77. The Kier molecular flexibility index (Phi) is 2.14. The Hall–Kier alpha value is -1.91. The van der Waals surface area contributed by atoms with Crippen LogP contribution in [0.3, 0.4) is 0 Å². The minimum Gasteiger partial charge on any atom is -0.478 e. The molecule has 1 aromatic heterocycles. The Balaban J connectivity index is 2.13. The maximum atomic E-state index is 10.6. The van der Waals surface area contributed by atoms with E-state index in [1.165, 1.54) is 0 Å². The summed E-state index contributed by atoms with van der Waals surface area (Å²) in [5, 5.41) is 12.4. The second kappa shape index (κ2) is 3.45. The van der Waals surface area contributed by atoms with Gasteiger partial charge in [0, 0.05) is 24.4 Å². The van der Waals surface area contributed by atoms with Crippen molar-refractivity contribution in [3.05, 3.63) is 30.1 Å². The summed E-state index contributed by atoms with van der Waals surface area (Å²) < 4.78 is 0. The Morgan fingerprint density at radius 2 is 2.50 bits per heavy atom.